The zero-order valence-electron chi connectivity index (χ0n) is 12.4. The number of nitrogens with two attached hydrogens (primary N) is 1. The Labute approximate surface area is 117 Å². The van der Waals surface area contributed by atoms with E-state index in [0.717, 1.165) is 24.5 Å². The van der Waals surface area contributed by atoms with Crippen molar-refractivity contribution in [2.45, 2.75) is 52.1 Å². The molecule has 0 saturated heterocycles. The normalized spacial score (nSPS) is 12.7. The molecular weight excluding hydrogens is 248 g/mol. The molecule has 5 heteroatoms. The molecule has 3 N–H and O–H groups in total. The molecule has 0 aliphatic carbocycles. The Kier molecular flexibility index (Phi) is 5.85. The van der Waals surface area contributed by atoms with Gasteiger partial charge < -0.3 is 5.73 Å². The summed E-state index contributed by atoms with van der Waals surface area (Å²) in [5.74, 6) is 0. The zero-order chi connectivity index (χ0) is 13.3. The summed E-state index contributed by atoms with van der Waals surface area (Å²) in [7, 11) is 2.08. The highest BCUT2D eigenvalue weighted by Crippen LogP contribution is 2.20. The van der Waals surface area contributed by atoms with Gasteiger partial charge in [0.2, 0.25) is 0 Å². The summed E-state index contributed by atoms with van der Waals surface area (Å²) >= 11 is 0. The van der Waals surface area contributed by atoms with Gasteiger partial charge in [-0.25, -0.2) is 0 Å². The summed E-state index contributed by atoms with van der Waals surface area (Å²) in [6.07, 6.45) is 0. The molecule has 0 aromatic carbocycles. The van der Waals surface area contributed by atoms with Crippen LogP contribution in [0.25, 0.3) is 0 Å². The van der Waals surface area contributed by atoms with E-state index in [1.165, 1.54) is 0 Å². The van der Waals surface area contributed by atoms with E-state index in [2.05, 4.69) is 49.0 Å². The molecule has 0 unspecified atom stereocenters. The van der Waals surface area contributed by atoms with Gasteiger partial charge in [-0.3, -0.25) is 10.00 Å². The van der Waals surface area contributed by atoms with E-state index in [-0.39, 0.29) is 23.4 Å². The SMILES string of the molecule is CN(Cc1cc(C(C)(C)C)n[nH]1)CC(C)(C)N.Cl. The first-order valence-corrected chi connectivity index (χ1v) is 6.10. The van der Waals surface area contributed by atoms with E-state index >= 15 is 0 Å². The van der Waals surface area contributed by atoms with E-state index in [1.54, 1.807) is 0 Å². The average molecular weight is 275 g/mol. The van der Waals surface area contributed by atoms with E-state index in [1.807, 2.05) is 13.8 Å². The van der Waals surface area contributed by atoms with E-state index in [0.29, 0.717) is 0 Å². The number of hydrogen-bond acceptors (Lipinski definition) is 3. The van der Waals surface area contributed by atoms with Crippen molar-refractivity contribution in [1.82, 2.24) is 15.1 Å². The number of likely N-dealkylation sites (N-methyl/N-ethyl adjacent to an activating group) is 1. The minimum Gasteiger partial charge on any atom is -0.324 e. The first-order chi connectivity index (χ1) is 7.58. The van der Waals surface area contributed by atoms with Crippen molar-refractivity contribution in [2.75, 3.05) is 13.6 Å². The van der Waals surface area contributed by atoms with Crippen molar-refractivity contribution in [3.05, 3.63) is 17.5 Å². The third kappa shape index (κ3) is 5.85. The Hall–Kier alpha value is -0.580. The topological polar surface area (TPSA) is 57.9 Å². The van der Waals surface area contributed by atoms with Gasteiger partial charge >= 0.3 is 0 Å². The first kappa shape index (κ1) is 17.4. The smallest absolute Gasteiger partial charge is 0.0678 e. The van der Waals surface area contributed by atoms with Crippen LogP contribution < -0.4 is 5.73 Å². The number of aromatic amines is 1. The molecule has 0 atom stereocenters. The van der Waals surface area contributed by atoms with Crippen LogP contribution in [-0.2, 0) is 12.0 Å². The molecule has 0 radical (unpaired) electrons. The fourth-order valence-electron chi connectivity index (χ4n) is 1.87. The zero-order valence-corrected chi connectivity index (χ0v) is 13.2. The van der Waals surface area contributed by atoms with Crippen LogP contribution in [0.2, 0.25) is 0 Å². The van der Waals surface area contributed by atoms with Crippen molar-refractivity contribution < 1.29 is 0 Å². The molecule has 0 fully saturated rings. The van der Waals surface area contributed by atoms with Gasteiger partial charge in [-0.1, -0.05) is 20.8 Å². The van der Waals surface area contributed by atoms with Gasteiger partial charge in [-0.2, -0.15) is 5.10 Å². The summed E-state index contributed by atoms with van der Waals surface area (Å²) < 4.78 is 0. The monoisotopic (exact) mass is 274 g/mol. The lowest BCUT2D eigenvalue weighted by Gasteiger charge is -2.25. The van der Waals surface area contributed by atoms with Crippen molar-refractivity contribution in [1.29, 1.82) is 0 Å². The van der Waals surface area contributed by atoms with Gasteiger partial charge in [0, 0.05) is 29.7 Å². The van der Waals surface area contributed by atoms with Crippen LogP contribution in [0.4, 0.5) is 0 Å². The Morgan fingerprint density at radius 1 is 1.28 bits per heavy atom. The molecule has 0 aliphatic heterocycles. The molecule has 106 valence electrons. The first-order valence-electron chi connectivity index (χ1n) is 6.10. The summed E-state index contributed by atoms with van der Waals surface area (Å²) in [5.41, 5.74) is 8.17. The maximum atomic E-state index is 6.00. The Morgan fingerprint density at radius 3 is 2.22 bits per heavy atom. The third-order valence-corrected chi connectivity index (χ3v) is 2.52. The van der Waals surface area contributed by atoms with Gasteiger partial charge in [-0.15, -0.1) is 12.4 Å². The lowest BCUT2D eigenvalue weighted by atomic mass is 9.92. The molecule has 1 heterocycles. The fourth-order valence-corrected chi connectivity index (χ4v) is 1.87. The number of nitrogens with zero attached hydrogens (tertiary/aromatic N) is 2. The predicted molar refractivity (Wildman–Crippen MR) is 79.1 cm³/mol. The van der Waals surface area contributed by atoms with Crippen LogP contribution in [0.15, 0.2) is 6.07 Å². The molecule has 4 nitrogen and oxygen atoms in total. The van der Waals surface area contributed by atoms with Gasteiger partial charge in [0.25, 0.3) is 0 Å². The van der Waals surface area contributed by atoms with Crippen molar-refractivity contribution in [2.24, 2.45) is 5.73 Å². The Bertz CT molecular complexity index is 360. The van der Waals surface area contributed by atoms with Crippen molar-refractivity contribution in [3.8, 4) is 0 Å². The molecule has 0 amide bonds. The van der Waals surface area contributed by atoms with Crippen molar-refractivity contribution >= 4 is 12.4 Å². The molecular formula is C13H27ClN4. The maximum absolute atomic E-state index is 6.00. The van der Waals surface area contributed by atoms with Gasteiger partial charge in [0.1, 0.15) is 0 Å². The van der Waals surface area contributed by atoms with Crippen LogP contribution >= 0.6 is 12.4 Å². The number of nitrogens with one attached hydrogen (secondary N) is 1. The second-order valence-electron chi connectivity index (χ2n) is 6.69. The maximum Gasteiger partial charge on any atom is 0.0678 e. The number of aromatic nitrogens is 2. The summed E-state index contributed by atoms with van der Waals surface area (Å²) in [4.78, 5) is 2.21. The third-order valence-electron chi connectivity index (χ3n) is 2.52. The molecule has 0 aliphatic rings. The number of halogens is 1. The molecule has 1 aromatic rings. The minimum absolute atomic E-state index is 0. The summed E-state index contributed by atoms with van der Waals surface area (Å²) in [6.45, 7) is 12.3. The van der Waals surface area contributed by atoms with Gasteiger partial charge in [-0.05, 0) is 27.0 Å². The molecule has 0 bridgehead atoms. The Balaban J connectivity index is 0.00000289. The van der Waals surface area contributed by atoms with E-state index < -0.39 is 0 Å². The van der Waals surface area contributed by atoms with Crippen LogP contribution in [-0.4, -0.2) is 34.2 Å². The summed E-state index contributed by atoms with van der Waals surface area (Å²) in [5, 5.41) is 7.45. The molecule has 0 saturated carbocycles. The van der Waals surface area contributed by atoms with E-state index in [9.17, 15) is 0 Å². The number of rotatable bonds is 4. The highest BCUT2D eigenvalue weighted by atomic mass is 35.5. The van der Waals surface area contributed by atoms with E-state index in [4.69, 9.17) is 5.73 Å². The molecule has 18 heavy (non-hydrogen) atoms. The minimum atomic E-state index is -0.165. The highest BCUT2D eigenvalue weighted by molar-refractivity contribution is 5.85. The molecule has 1 rings (SSSR count). The van der Waals surface area contributed by atoms with Crippen molar-refractivity contribution in [3.63, 3.8) is 0 Å². The van der Waals surface area contributed by atoms with Crippen LogP contribution in [0, 0.1) is 0 Å². The second kappa shape index (κ2) is 6.04. The lowest BCUT2D eigenvalue weighted by Crippen LogP contribution is -2.43. The second-order valence-corrected chi connectivity index (χ2v) is 6.69. The summed E-state index contributed by atoms with van der Waals surface area (Å²) in [6, 6.07) is 2.14. The number of H-pyrrole nitrogens is 1. The quantitative estimate of drug-likeness (QED) is 0.886. The lowest BCUT2D eigenvalue weighted by molar-refractivity contribution is 0.260. The largest absolute Gasteiger partial charge is 0.324 e. The fraction of sp³-hybridized carbons (Fsp3) is 0.769. The van der Waals surface area contributed by atoms with Crippen LogP contribution in [0.5, 0.6) is 0 Å². The predicted octanol–water partition coefficient (Wildman–Crippen LogP) is 2.30. The molecule has 0 spiro atoms. The Morgan fingerprint density at radius 2 is 1.83 bits per heavy atom. The standard InChI is InChI=1S/C13H26N4.ClH/c1-12(2,3)11-7-10(15-16-11)8-17(6)9-13(4,5)14;/h7H,8-9,14H2,1-6H3,(H,15,16);1H. The van der Waals surface area contributed by atoms with Gasteiger partial charge in [0.15, 0.2) is 0 Å². The number of hydrogen-bond donors (Lipinski definition) is 2. The highest BCUT2D eigenvalue weighted by Gasteiger charge is 2.19. The van der Waals surface area contributed by atoms with Crippen LogP contribution in [0.3, 0.4) is 0 Å². The van der Waals surface area contributed by atoms with Gasteiger partial charge in [0.05, 0.1) is 5.69 Å². The molecule has 1 aromatic heterocycles. The van der Waals surface area contributed by atoms with Crippen LogP contribution in [0.1, 0.15) is 46.0 Å². The average Bonchev–Trinajstić information content (AvgIpc) is 2.47.